The lowest BCUT2D eigenvalue weighted by atomic mass is 10.1. The van der Waals surface area contributed by atoms with E-state index in [1.165, 1.54) is 0 Å². The Morgan fingerprint density at radius 1 is 1.33 bits per heavy atom. The van der Waals surface area contributed by atoms with Gasteiger partial charge in [0.15, 0.2) is 0 Å². The molecule has 0 saturated carbocycles. The summed E-state index contributed by atoms with van der Waals surface area (Å²) in [6, 6.07) is 3.04. The number of aliphatic hydroxyl groups excluding tert-OH is 3. The number of hydrogen-bond acceptors (Lipinski definition) is 7. The molecule has 1 aromatic rings. The van der Waals surface area contributed by atoms with Crippen LogP contribution in [-0.2, 0) is 0 Å². The molecule has 1 aliphatic rings. The number of nitro benzene ring substituents is 1. The zero-order valence-corrected chi connectivity index (χ0v) is 10.8. The van der Waals surface area contributed by atoms with Crippen LogP contribution in [0, 0.1) is 10.1 Å². The lowest BCUT2D eigenvalue weighted by molar-refractivity contribution is -0.386. The summed E-state index contributed by atoms with van der Waals surface area (Å²) in [5.74, 6) is -1.33. The van der Waals surface area contributed by atoms with E-state index in [9.17, 15) is 30.2 Å². The van der Waals surface area contributed by atoms with Gasteiger partial charge < -0.3 is 20.4 Å². The molecular formula is C12H14N2O7. The minimum Gasteiger partial charge on any atom is -0.478 e. The Morgan fingerprint density at radius 3 is 2.38 bits per heavy atom. The second-order valence-corrected chi connectivity index (χ2v) is 4.70. The fourth-order valence-corrected chi connectivity index (χ4v) is 2.33. The third-order valence-corrected chi connectivity index (χ3v) is 3.41. The number of rotatable bonds is 4. The molecule has 0 amide bonds. The number of benzene rings is 1. The van der Waals surface area contributed by atoms with Crippen molar-refractivity contribution in [1.82, 2.24) is 4.90 Å². The molecule has 1 aliphatic heterocycles. The van der Waals surface area contributed by atoms with Gasteiger partial charge in [-0.25, -0.2) is 9.69 Å². The highest BCUT2D eigenvalue weighted by Crippen LogP contribution is 2.34. The van der Waals surface area contributed by atoms with Crippen LogP contribution in [0.15, 0.2) is 18.2 Å². The van der Waals surface area contributed by atoms with Crippen LogP contribution in [0.25, 0.3) is 0 Å². The highest BCUT2D eigenvalue weighted by molar-refractivity contribution is 5.88. The first-order valence-corrected chi connectivity index (χ1v) is 6.16. The summed E-state index contributed by atoms with van der Waals surface area (Å²) < 4.78 is 0. The topological polar surface area (TPSA) is 144 Å². The van der Waals surface area contributed by atoms with Crippen LogP contribution in [-0.4, -0.2) is 48.7 Å². The number of carboxylic acid groups (broad SMARTS) is 1. The number of likely N-dealkylation sites (tertiary alicyclic amines) is 1. The smallest absolute Gasteiger partial charge is 0.335 e. The Kier molecular flexibility index (Phi) is 4.19. The Hall–Kier alpha value is -2.07. The van der Waals surface area contributed by atoms with Gasteiger partial charge in [-0.05, 0) is 25.0 Å². The average molecular weight is 298 g/mol. The molecule has 1 aromatic carbocycles. The molecule has 2 rings (SSSR count). The maximum atomic E-state index is 11.0. The van der Waals surface area contributed by atoms with Gasteiger partial charge in [-0.2, -0.15) is 0 Å². The van der Waals surface area contributed by atoms with Gasteiger partial charge in [0.25, 0.3) is 5.69 Å². The molecule has 0 spiro atoms. The SMILES string of the molecule is O=C(O)c1ccc(C(O)N2C(O)CCC2O)c([N+](=O)[O-])c1. The van der Waals surface area contributed by atoms with Gasteiger partial charge in [-0.3, -0.25) is 10.1 Å². The number of hydrogen-bond donors (Lipinski definition) is 4. The fraction of sp³-hybridized carbons (Fsp3) is 0.417. The van der Waals surface area contributed by atoms with Gasteiger partial charge in [-0.1, -0.05) is 0 Å². The van der Waals surface area contributed by atoms with Crippen molar-refractivity contribution in [2.45, 2.75) is 31.5 Å². The van der Waals surface area contributed by atoms with Crippen molar-refractivity contribution in [2.75, 3.05) is 0 Å². The first-order valence-electron chi connectivity index (χ1n) is 6.16. The van der Waals surface area contributed by atoms with Crippen LogP contribution in [0.2, 0.25) is 0 Å². The second-order valence-electron chi connectivity index (χ2n) is 4.70. The summed E-state index contributed by atoms with van der Waals surface area (Å²) in [5.41, 5.74) is -1.07. The molecule has 3 atom stereocenters. The molecule has 3 unspecified atom stereocenters. The van der Waals surface area contributed by atoms with E-state index in [1.807, 2.05) is 0 Å². The van der Waals surface area contributed by atoms with E-state index < -0.39 is 35.3 Å². The van der Waals surface area contributed by atoms with Crippen molar-refractivity contribution in [3.8, 4) is 0 Å². The van der Waals surface area contributed by atoms with Crippen LogP contribution >= 0.6 is 0 Å². The normalized spacial score (nSPS) is 24.0. The highest BCUT2D eigenvalue weighted by atomic mass is 16.6. The molecule has 0 aliphatic carbocycles. The van der Waals surface area contributed by atoms with E-state index >= 15 is 0 Å². The molecule has 114 valence electrons. The number of aliphatic hydroxyl groups is 3. The highest BCUT2D eigenvalue weighted by Gasteiger charge is 2.38. The third-order valence-electron chi connectivity index (χ3n) is 3.41. The summed E-state index contributed by atoms with van der Waals surface area (Å²) in [4.78, 5) is 22.0. The molecule has 9 nitrogen and oxygen atoms in total. The monoisotopic (exact) mass is 298 g/mol. The van der Waals surface area contributed by atoms with Crippen LogP contribution in [0.5, 0.6) is 0 Å². The fourth-order valence-electron chi connectivity index (χ4n) is 2.33. The lowest BCUT2D eigenvalue weighted by Crippen LogP contribution is -2.39. The van der Waals surface area contributed by atoms with Gasteiger partial charge in [0.1, 0.15) is 18.7 Å². The van der Waals surface area contributed by atoms with E-state index in [1.54, 1.807) is 0 Å². The van der Waals surface area contributed by atoms with Gasteiger partial charge in [-0.15, -0.1) is 0 Å². The first-order chi connectivity index (χ1) is 9.82. The van der Waals surface area contributed by atoms with Crippen molar-refractivity contribution in [2.24, 2.45) is 0 Å². The second kappa shape index (κ2) is 5.74. The maximum Gasteiger partial charge on any atom is 0.335 e. The molecule has 0 radical (unpaired) electrons. The van der Waals surface area contributed by atoms with Crippen LogP contribution in [0.4, 0.5) is 5.69 Å². The molecule has 0 aromatic heterocycles. The zero-order chi connectivity index (χ0) is 15.7. The van der Waals surface area contributed by atoms with Crippen molar-refractivity contribution >= 4 is 11.7 Å². The van der Waals surface area contributed by atoms with Gasteiger partial charge in [0.05, 0.1) is 16.1 Å². The van der Waals surface area contributed by atoms with Crippen LogP contribution in [0.1, 0.15) is 35.0 Å². The molecular weight excluding hydrogens is 284 g/mol. The Labute approximate surface area is 118 Å². The van der Waals surface area contributed by atoms with Gasteiger partial charge >= 0.3 is 5.97 Å². The van der Waals surface area contributed by atoms with E-state index in [2.05, 4.69) is 0 Å². The molecule has 1 heterocycles. The number of aromatic carboxylic acids is 1. The summed E-state index contributed by atoms with van der Waals surface area (Å²) in [6.45, 7) is 0. The average Bonchev–Trinajstić information content (AvgIpc) is 2.76. The first kappa shape index (κ1) is 15.3. The summed E-state index contributed by atoms with van der Waals surface area (Å²) in [6.07, 6.45) is -3.43. The van der Waals surface area contributed by atoms with Gasteiger partial charge in [0, 0.05) is 6.07 Å². The van der Waals surface area contributed by atoms with Crippen molar-refractivity contribution in [3.63, 3.8) is 0 Å². The Balaban J connectivity index is 2.43. The third kappa shape index (κ3) is 2.85. The molecule has 21 heavy (non-hydrogen) atoms. The van der Waals surface area contributed by atoms with Gasteiger partial charge in [0.2, 0.25) is 0 Å². The molecule has 4 N–H and O–H groups in total. The quantitative estimate of drug-likeness (QED) is 0.449. The lowest BCUT2D eigenvalue weighted by Gasteiger charge is -2.29. The predicted molar refractivity (Wildman–Crippen MR) is 68.1 cm³/mol. The van der Waals surface area contributed by atoms with E-state index in [0.29, 0.717) is 0 Å². The zero-order valence-electron chi connectivity index (χ0n) is 10.8. The number of carbonyl (C=O) groups is 1. The maximum absolute atomic E-state index is 11.0. The Morgan fingerprint density at radius 2 is 1.90 bits per heavy atom. The standard InChI is InChI=1S/C12H14N2O7/c15-9-3-4-10(16)13(9)11(17)7-2-1-6(12(18)19)5-8(7)14(20)21/h1-2,5,9-11,15-17H,3-4H2,(H,18,19). The number of nitrogens with zero attached hydrogens (tertiary/aromatic N) is 2. The predicted octanol–water partition coefficient (Wildman–Crippen LogP) is 0.0165. The minimum absolute atomic E-state index is 0.190. The number of carboxylic acids is 1. The van der Waals surface area contributed by atoms with Crippen molar-refractivity contribution < 1.29 is 30.1 Å². The Bertz CT molecular complexity index is 567. The molecule has 1 fully saturated rings. The largest absolute Gasteiger partial charge is 0.478 e. The number of nitro groups is 1. The van der Waals surface area contributed by atoms with Crippen LogP contribution in [0.3, 0.4) is 0 Å². The van der Waals surface area contributed by atoms with Crippen LogP contribution < -0.4 is 0 Å². The van der Waals surface area contributed by atoms with E-state index in [0.717, 1.165) is 23.1 Å². The van der Waals surface area contributed by atoms with E-state index in [-0.39, 0.29) is 24.0 Å². The van der Waals surface area contributed by atoms with Crippen molar-refractivity contribution in [1.29, 1.82) is 0 Å². The molecule has 1 saturated heterocycles. The molecule has 0 bridgehead atoms. The molecule has 9 heteroatoms. The van der Waals surface area contributed by atoms with E-state index in [4.69, 9.17) is 5.11 Å². The van der Waals surface area contributed by atoms with Crippen molar-refractivity contribution in [3.05, 3.63) is 39.4 Å². The summed E-state index contributed by atoms with van der Waals surface area (Å²) >= 11 is 0. The summed E-state index contributed by atoms with van der Waals surface area (Å²) in [7, 11) is 0. The summed E-state index contributed by atoms with van der Waals surface area (Å²) in [5, 5.41) is 49.5. The minimum atomic E-state index is -1.61.